The van der Waals surface area contributed by atoms with E-state index in [0.29, 0.717) is 11.3 Å². The van der Waals surface area contributed by atoms with E-state index in [-0.39, 0.29) is 22.9 Å². The molecule has 0 radical (unpaired) electrons. The predicted octanol–water partition coefficient (Wildman–Crippen LogP) is 2.59. The molecule has 2 aromatic heterocycles. The molecule has 3 aromatic rings. The molecule has 2 heterocycles. The van der Waals surface area contributed by atoms with Crippen molar-refractivity contribution in [3.63, 3.8) is 0 Å². The molecule has 0 bridgehead atoms. The van der Waals surface area contributed by atoms with Crippen molar-refractivity contribution in [3.8, 4) is 0 Å². The first-order valence-corrected chi connectivity index (χ1v) is 10.9. The van der Waals surface area contributed by atoms with Gasteiger partial charge in [0.1, 0.15) is 6.54 Å². The van der Waals surface area contributed by atoms with Crippen molar-refractivity contribution in [3.05, 3.63) is 74.1 Å². The van der Waals surface area contributed by atoms with Gasteiger partial charge in [0.2, 0.25) is 5.91 Å². The molecule has 8 nitrogen and oxygen atoms in total. The second-order valence-electron chi connectivity index (χ2n) is 7.31. The molecule has 0 spiro atoms. The number of benzene rings is 1. The van der Waals surface area contributed by atoms with Gasteiger partial charge in [-0.3, -0.25) is 9.59 Å². The maximum Gasteiger partial charge on any atom is 0.357 e. The van der Waals surface area contributed by atoms with Crippen LogP contribution in [0.5, 0.6) is 0 Å². The lowest BCUT2D eigenvalue weighted by Gasteiger charge is -2.15. The number of hydrogen-bond donors (Lipinski definition) is 1. The number of methoxy groups -OCH3 is 1. The van der Waals surface area contributed by atoms with Gasteiger partial charge >= 0.3 is 5.97 Å². The van der Waals surface area contributed by atoms with Gasteiger partial charge in [-0.05, 0) is 36.8 Å². The van der Waals surface area contributed by atoms with Gasteiger partial charge in [0.15, 0.2) is 10.8 Å². The standard InChI is InChI=1S/C22H22N4O4S/c1-30-21(29)20-17(11-14-7-3-2-4-8-14)31-22(24-20)23-18(27)13-26-19(28)12-15-9-5-6-10-16(15)25-26/h2-4,7-8,12H,5-6,9-11,13H2,1H3,(H,23,24,27). The SMILES string of the molecule is COC(=O)c1nc(NC(=O)Cn2nc3c(cc2=O)CCCC3)sc1Cc1ccccc1. The summed E-state index contributed by atoms with van der Waals surface area (Å²) >= 11 is 1.21. The lowest BCUT2D eigenvalue weighted by atomic mass is 9.97. The van der Waals surface area contributed by atoms with Gasteiger partial charge in [0.05, 0.1) is 12.8 Å². The third-order valence-electron chi connectivity index (χ3n) is 5.10. The van der Waals surface area contributed by atoms with Crippen LogP contribution in [0, 0.1) is 0 Å². The summed E-state index contributed by atoms with van der Waals surface area (Å²) in [6.07, 6.45) is 4.24. The summed E-state index contributed by atoms with van der Waals surface area (Å²) in [5.41, 5.74) is 2.75. The van der Waals surface area contributed by atoms with E-state index in [1.54, 1.807) is 6.07 Å². The van der Waals surface area contributed by atoms with Crippen LogP contribution in [-0.4, -0.2) is 33.8 Å². The summed E-state index contributed by atoms with van der Waals surface area (Å²) in [6, 6.07) is 11.2. The number of nitrogens with zero attached hydrogens (tertiary/aromatic N) is 3. The normalized spacial score (nSPS) is 12.8. The van der Waals surface area contributed by atoms with Crippen LogP contribution in [0.15, 0.2) is 41.2 Å². The molecule has 0 saturated heterocycles. The lowest BCUT2D eigenvalue weighted by molar-refractivity contribution is -0.117. The van der Waals surface area contributed by atoms with Crippen LogP contribution in [0.25, 0.3) is 0 Å². The number of aryl methyl sites for hydroxylation is 2. The largest absolute Gasteiger partial charge is 0.464 e. The minimum absolute atomic E-state index is 0.177. The maximum absolute atomic E-state index is 12.6. The van der Waals surface area contributed by atoms with Crippen molar-refractivity contribution < 1.29 is 14.3 Å². The van der Waals surface area contributed by atoms with Gasteiger partial charge in [-0.2, -0.15) is 5.10 Å². The second kappa shape index (κ2) is 9.22. The number of carbonyl (C=O) groups is 2. The van der Waals surface area contributed by atoms with E-state index in [0.717, 1.165) is 42.5 Å². The van der Waals surface area contributed by atoms with Gasteiger partial charge in [-0.1, -0.05) is 30.3 Å². The van der Waals surface area contributed by atoms with Crippen LogP contribution in [0.2, 0.25) is 0 Å². The van der Waals surface area contributed by atoms with E-state index >= 15 is 0 Å². The van der Waals surface area contributed by atoms with Crippen LogP contribution >= 0.6 is 11.3 Å². The Balaban J connectivity index is 1.51. The summed E-state index contributed by atoms with van der Waals surface area (Å²) in [4.78, 5) is 42.0. The lowest BCUT2D eigenvalue weighted by Crippen LogP contribution is -2.31. The van der Waals surface area contributed by atoms with Crippen LogP contribution in [0.4, 0.5) is 5.13 Å². The number of hydrogen-bond acceptors (Lipinski definition) is 7. The number of amides is 1. The summed E-state index contributed by atoms with van der Waals surface area (Å²) in [5.74, 6) is -0.989. The molecule has 1 aliphatic rings. The Hall–Kier alpha value is -3.33. The molecule has 0 unspecified atom stereocenters. The van der Waals surface area contributed by atoms with Crippen molar-refractivity contribution in [1.82, 2.24) is 14.8 Å². The van der Waals surface area contributed by atoms with Crippen molar-refractivity contribution in [2.45, 2.75) is 38.6 Å². The third kappa shape index (κ3) is 4.88. The fourth-order valence-electron chi connectivity index (χ4n) is 3.57. The molecule has 0 saturated carbocycles. The minimum Gasteiger partial charge on any atom is -0.464 e. The first-order chi connectivity index (χ1) is 15.0. The van der Waals surface area contributed by atoms with Gasteiger partial charge in [0, 0.05) is 17.4 Å². The Labute approximate surface area is 182 Å². The fraction of sp³-hybridized carbons (Fsp3) is 0.318. The molecule has 1 amide bonds. The summed E-state index contributed by atoms with van der Waals surface area (Å²) in [7, 11) is 1.29. The molecule has 1 N–H and O–H groups in total. The van der Waals surface area contributed by atoms with Gasteiger partial charge < -0.3 is 10.1 Å². The highest BCUT2D eigenvalue weighted by Gasteiger charge is 2.21. The average molecular weight is 439 g/mol. The zero-order valence-corrected chi connectivity index (χ0v) is 17.9. The highest BCUT2D eigenvalue weighted by Crippen LogP contribution is 2.26. The molecule has 9 heteroatoms. The van der Waals surface area contributed by atoms with E-state index in [2.05, 4.69) is 15.4 Å². The zero-order valence-electron chi connectivity index (χ0n) is 17.1. The summed E-state index contributed by atoms with van der Waals surface area (Å²) < 4.78 is 6.01. The molecule has 0 fully saturated rings. The first kappa shape index (κ1) is 20.9. The van der Waals surface area contributed by atoms with E-state index in [1.807, 2.05) is 30.3 Å². The molecular weight excluding hydrogens is 416 g/mol. The number of thiazole rings is 1. The number of anilines is 1. The Morgan fingerprint density at radius 1 is 1.19 bits per heavy atom. The molecule has 0 atom stereocenters. The molecule has 31 heavy (non-hydrogen) atoms. The van der Waals surface area contributed by atoms with Gasteiger partial charge in [-0.15, -0.1) is 11.3 Å². The number of nitrogens with one attached hydrogen (secondary N) is 1. The average Bonchev–Trinajstić information content (AvgIpc) is 3.16. The topological polar surface area (TPSA) is 103 Å². The smallest absolute Gasteiger partial charge is 0.357 e. The number of aromatic nitrogens is 3. The predicted molar refractivity (Wildman–Crippen MR) is 116 cm³/mol. The molecular formula is C22H22N4O4S. The minimum atomic E-state index is -0.560. The van der Waals surface area contributed by atoms with Crippen LogP contribution in [0.3, 0.4) is 0 Å². The number of esters is 1. The van der Waals surface area contributed by atoms with Crippen LogP contribution in [-0.2, 0) is 35.3 Å². The van der Waals surface area contributed by atoms with Crippen LogP contribution < -0.4 is 10.9 Å². The van der Waals surface area contributed by atoms with Gasteiger partial charge in [0.25, 0.3) is 5.56 Å². The fourth-order valence-corrected chi connectivity index (χ4v) is 4.57. The molecule has 1 aromatic carbocycles. The van der Waals surface area contributed by atoms with E-state index < -0.39 is 11.9 Å². The van der Waals surface area contributed by atoms with E-state index in [4.69, 9.17) is 4.74 Å². The van der Waals surface area contributed by atoms with Crippen molar-refractivity contribution in [1.29, 1.82) is 0 Å². The highest BCUT2D eigenvalue weighted by atomic mass is 32.1. The van der Waals surface area contributed by atoms with E-state index in [9.17, 15) is 14.4 Å². The van der Waals surface area contributed by atoms with Crippen LogP contribution in [0.1, 0.15) is 45.0 Å². The first-order valence-electron chi connectivity index (χ1n) is 10.0. The summed E-state index contributed by atoms with van der Waals surface area (Å²) in [5, 5.41) is 7.33. The van der Waals surface area contributed by atoms with Crippen molar-refractivity contribution in [2.24, 2.45) is 0 Å². The molecule has 1 aliphatic carbocycles. The molecule has 0 aliphatic heterocycles. The van der Waals surface area contributed by atoms with E-state index in [1.165, 1.54) is 23.1 Å². The highest BCUT2D eigenvalue weighted by molar-refractivity contribution is 7.16. The Kier molecular flexibility index (Phi) is 6.22. The second-order valence-corrected chi connectivity index (χ2v) is 8.40. The third-order valence-corrected chi connectivity index (χ3v) is 6.07. The Bertz CT molecular complexity index is 1170. The van der Waals surface area contributed by atoms with Crippen molar-refractivity contribution >= 4 is 28.3 Å². The maximum atomic E-state index is 12.6. The Morgan fingerprint density at radius 2 is 1.97 bits per heavy atom. The van der Waals surface area contributed by atoms with Crippen molar-refractivity contribution in [2.75, 3.05) is 12.4 Å². The summed E-state index contributed by atoms with van der Waals surface area (Å²) in [6.45, 7) is -0.215. The quantitative estimate of drug-likeness (QED) is 0.594. The molecule has 160 valence electrons. The number of fused-ring (bicyclic) bond motifs is 1. The number of rotatable bonds is 6. The number of ether oxygens (including phenoxy) is 1. The van der Waals surface area contributed by atoms with Gasteiger partial charge in [-0.25, -0.2) is 14.5 Å². The Morgan fingerprint density at radius 3 is 2.74 bits per heavy atom. The molecule has 4 rings (SSSR count). The monoisotopic (exact) mass is 438 g/mol. The number of carbonyl (C=O) groups excluding carboxylic acids is 2. The zero-order chi connectivity index (χ0) is 21.8.